The molecule has 55 valence electrons. The molecule has 0 amide bonds. The zero-order valence-corrected chi connectivity index (χ0v) is 6.59. The first-order valence-electron chi connectivity index (χ1n) is 3.59. The molecule has 0 saturated heterocycles. The standard InChI is InChI=1S/C8H13N2/c1-4-7-6-8(5-2)10(3)9-7/h6H,2,4-5H2,1,3H3. The Labute approximate surface area is 61.9 Å². The van der Waals surface area contributed by atoms with Crippen molar-refractivity contribution in [2.75, 3.05) is 0 Å². The average molecular weight is 137 g/mol. The summed E-state index contributed by atoms with van der Waals surface area (Å²) >= 11 is 0. The van der Waals surface area contributed by atoms with E-state index >= 15 is 0 Å². The van der Waals surface area contributed by atoms with Crippen LogP contribution in [0.15, 0.2) is 6.07 Å². The minimum atomic E-state index is 0.823. The van der Waals surface area contributed by atoms with Crippen molar-refractivity contribution >= 4 is 0 Å². The molecule has 0 aliphatic heterocycles. The van der Waals surface area contributed by atoms with E-state index in [1.54, 1.807) is 0 Å². The van der Waals surface area contributed by atoms with Crippen molar-refractivity contribution in [2.24, 2.45) is 7.05 Å². The lowest BCUT2D eigenvalue weighted by Crippen LogP contribution is -1.96. The highest BCUT2D eigenvalue weighted by Gasteiger charge is 1.99. The molecule has 1 aromatic heterocycles. The Morgan fingerprint density at radius 2 is 2.40 bits per heavy atom. The molecule has 0 aromatic carbocycles. The first-order chi connectivity index (χ1) is 4.77. The van der Waals surface area contributed by atoms with Crippen LogP contribution in [0.3, 0.4) is 0 Å². The summed E-state index contributed by atoms with van der Waals surface area (Å²) in [6.45, 7) is 5.91. The van der Waals surface area contributed by atoms with Gasteiger partial charge >= 0.3 is 0 Å². The van der Waals surface area contributed by atoms with Crippen molar-refractivity contribution in [3.05, 3.63) is 24.4 Å². The van der Waals surface area contributed by atoms with Gasteiger partial charge in [-0.15, -0.1) is 0 Å². The van der Waals surface area contributed by atoms with Gasteiger partial charge in [0.05, 0.1) is 5.69 Å². The molecule has 0 N–H and O–H groups in total. The van der Waals surface area contributed by atoms with Gasteiger partial charge in [-0.2, -0.15) is 5.10 Å². The van der Waals surface area contributed by atoms with Gasteiger partial charge in [-0.3, -0.25) is 4.68 Å². The van der Waals surface area contributed by atoms with Crippen molar-refractivity contribution < 1.29 is 0 Å². The lowest BCUT2D eigenvalue weighted by Gasteiger charge is -1.92. The van der Waals surface area contributed by atoms with E-state index in [1.807, 2.05) is 11.7 Å². The van der Waals surface area contributed by atoms with Crippen molar-refractivity contribution in [3.63, 3.8) is 0 Å². The molecule has 0 unspecified atom stereocenters. The molecule has 10 heavy (non-hydrogen) atoms. The summed E-state index contributed by atoms with van der Waals surface area (Å²) in [6.07, 6.45) is 1.83. The minimum Gasteiger partial charge on any atom is -0.272 e. The minimum absolute atomic E-state index is 0.823. The summed E-state index contributed by atoms with van der Waals surface area (Å²) in [5, 5.41) is 4.28. The van der Waals surface area contributed by atoms with Crippen LogP contribution in [0.2, 0.25) is 0 Å². The third-order valence-electron chi connectivity index (χ3n) is 1.65. The Morgan fingerprint density at radius 1 is 1.70 bits per heavy atom. The summed E-state index contributed by atoms with van der Waals surface area (Å²) in [5.41, 5.74) is 2.36. The molecule has 1 heterocycles. The van der Waals surface area contributed by atoms with Crippen molar-refractivity contribution in [1.82, 2.24) is 9.78 Å². The van der Waals surface area contributed by atoms with E-state index in [-0.39, 0.29) is 0 Å². The largest absolute Gasteiger partial charge is 0.272 e. The van der Waals surface area contributed by atoms with Crippen LogP contribution < -0.4 is 0 Å². The maximum absolute atomic E-state index is 4.28. The van der Waals surface area contributed by atoms with Crippen molar-refractivity contribution in [2.45, 2.75) is 19.8 Å². The van der Waals surface area contributed by atoms with Gasteiger partial charge in [0, 0.05) is 12.7 Å². The van der Waals surface area contributed by atoms with Crippen molar-refractivity contribution in [1.29, 1.82) is 0 Å². The Hall–Kier alpha value is -0.790. The number of nitrogens with zero attached hydrogens (tertiary/aromatic N) is 2. The fourth-order valence-corrected chi connectivity index (χ4v) is 0.978. The van der Waals surface area contributed by atoms with Gasteiger partial charge in [0.2, 0.25) is 0 Å². The zero-order valence-electron chi connectivity index (χ0n) is 6.59. The van der Waals surface area contributed by atoms with Crippen LogP contribution in [0.5, 0.6) is 0 Å². The molecule has 0 spiro atoms. The highest BCUT2D eigenvalue weighted by Crippen LogP contribution is 2.03. The van der Waals surface area contributed by atoms with Crippen LogP contribution in [-0.4, -0.2) is 9.78 Å². The van der Waals surface area contributed by atoms with E-state index in [0.717, 1.165) is 18.5 Å². The molecule has 0 saturated carbocycles. The van der Waals surface area contributed by atoms with Gasteiger partial charge < -0.3 is 0 Å². The van der Waals surface area contributed by atoms with E-state index in [0.29, 0.717) is 0 Å². The lowest BCUT2D eigenvalue weighted by molar-refractivity contribution is 0.712. The highest BCUT2D eigenvalue weighted by atomic mass is 15.3. The molecule has 1 radical (unpaired) electrons. The maximum Gasteiger partial charge on any atom is 0.0624 e. The normalized spacial score (nSPS) is 10.3. The first kappa shape index (κ1) is 7.32. The number of aryl methyl sites for hydroxylation is 2. The van der Waals surface area contributed by atoms with E-state index in [2.05, 4.69) is 25.0 Å². The predicted octanol–water partition coefficient (Wildman–Crippen LogP) is 1.36. The molecule has 1 aromatic rings. The third kappa shape index (κ3) is 1.20. The van der Waals surface area contributed by atoms with Crippen LogP contribution in [0.25, 0.3) is 0 Å². The van der Waals surface area contributed by atoms with E-state index in [9.17, 15) is 0 Å². The molecule has 0 aliphatic rings. The van der Waals surface area contributed by atoms with Gasteiger partial charge in [-0.25, -0.2) is 0 Å². The van der Waals surface area contributed by atoms with Crippen LogP contribution in [0.4, 0.5) is 0 Å². The van der Waals surface area contributed by atoms with Gasteiger partial charge in [-0.05, 0) is 25.8 Å². The van der Waals surface area contributed by atoms with Crippen molar-refractivity contribution in [3.8, 4) is 0 Å². The summed E-state index contributed by atoms with van der Waals surface area (Å²) in [7, 11) is 1.96. The van der Waals surface area contributed by atoms with Gasteiger partial charge in [-0.1, -0.05) is 6.92 Å². The number of hydrogen-bond donors (Lipinski definition) is 0. The van der Waals surface area contributed by atoms with Crippen LogP contribution in [0.1, 0.15) is 18.3 Å². The molecule has 1 rings (SSSR count). The Bertz CT molecular complexity index is 213. The molecule has 0 aliphatic carbocycles. The summed E-state index contributed by atoms with van der Waals surface area (Å²) < 4.78 is 1.89. The number of hydrogen-bond acceptors (Lipinski definition) is 1. The van der Waals surface area contributed by atoms with Crippen LogP contribution >= 0.6 is 0 Å². The molecule has 0 atom stereocenters. The topological polar surface area (TPSA) is 17.8 Å². The van der Waals surface area contributed by atoms with E-state index in [1.165, 1.54) is 5.69 Å². The van der Waals surface area contributed by atoms with Gasteiger partial charge in [0.25, 0.3) is 0 Å². The van der Waals surface area contributed by atoms with Gasteiger partial charge in [0.15, 0.2) is 0 Å². The van der Waals surface area contributed by atoms with Gasteiger partial charge in [0.1, 0.15) is 0 Å². The molecular weight excluding hydrogens is 124 g/mol. The Morgan fingerprint density at radius 3 is 2.70 bits per heavy atom. The maximum atomic E-state index is 4.28. The number of aromatic nitrogens is 2. The molecule has 2 heteroatoms. The fourth-order valence-electron chi connectivity index (χ4n) is 0.978. The van der Waals surface area contributed by atoms with Crippen LogP contribution in [-0.2, 0) is 19.9 Å². The second kappa shape index (κ2) is 2.86. The second-order valence-electron chi connectivity index (χ2n) is 2.35. The van der Waals surface area contributed by atoms with E-state index < -0.39 is 0 Å². The smallest absolute Gasteiger partial charge is 0.0624 e. The molecule has 0 bridgehead atoms. The first-order valence-corrected chi connectivity index (χ1v) is 3.59. The Balaban J connectivity index is 2.92. The fraction of sp³-hybridized carbons (Fsp3) is 0.500. The summed E-state index contributed by atoms with van der Waals surface area (Å²) in [4.78, 5) is 0. The lowest BCUT2D eigenvalue weighted by atomic mass is 10.3. The van der Waals surface area contributed by atoms with Crippen LogP contribution in [0, 0.1) is 6.92 Å². The number of rotatable bonds is 2. The molecule has 2 nitrogen and oxygen atoms in total. The quantitative estimate of drug-likeness (QED) is 0.601. The third-order valence-corrected chi connectivity index (χ3v) is 1.65. The average Bonchev–Trinajstić information content (AvgIpc) is 2.30. The highest BCUT2D eigenvalue weighted by molar-refractivity contribution is 5.10. The molecular formula is C8H13N2. The zero-order chi connectivity index (χ0) is 7.56. The monoisotopic (exact) mass is 137 g/mol. The summed E-state index contributed by atoms with van der Waals surface area (Å²) in [6, 6.07) is 2.10. The summed E-state index contributed by atoms with van der Waals surface area (Å²) in [5.74, 6) is 0. The predicted molar refractivity (Wildman–Crippen MR) is 41.6 cm³/mol. The Kier molecular flexibility index (Phi) is 2.10. The van der Waals surface area contributed by atoms with E-state index in [4.69, 9.17) is 0 Å². The molecule has 0 fully saturated rings. The second-order valence-corrected chi connectivity index (χ2v) is 2.35. The SMILES string of the molecule is [CH2]Cc1cc(CC)nn1C.